The lowest BCUT2D eigenvalue weighted by molar-refractivity contribution is 0.123. The monoisotopic (exact) mass is 350 g/mol. The van der Waals surface area contributed by atoms with Crippen molar-refractivity contribution in [2.75, 3.05) is 20.8 Å². The van der Waals surface area contributed by atoms with E-state index in [1.807, 2.05) is 30.3 Å². The molecule has 0 spiro atoms. The van der Waals surface area contributed by atoms with E-state index in [1.165, 1.54) is 5.56 Å². The highest BCUT2D eigenvalue weighted by Crippen LogP contribution is 2.33. The summed E-state index contributed by atoms with van der Waals surface area (Å²) in [6.07, 6.45) is 0.813. The van der Waals surface area contributed by atoms with Crippen LogP contribution >= 0.6 is 15.9 Å². The Labute approximate surface area is 134 Å². The van der Waals surface area contributed by atoms with Gasteiger partial charge in [-0.2, -0.15) is 0 Å². The molecule has 0 aliphatic carbocycles. The molecule has 0 saturated heterocycles. The summed E-state index contributed by atoms with van der Waals surface area (Å²) >= 11 is 3.56. The zero-order valence-electron chi connectivity index (χ0n) is 12.3. The molecule has 21 heavy (non-hydrogen) atoms. The average Bonchev–Trinajstić information content (AvgIpc) is 2.53. The summed E-state index contributed by atoms with van der Waals surface area (Å²) in [5, 5.41) is 0. The van der Waals surface area contributed by atoms with Crippen molar-refractivity contribution in [3.05, 3.63) is 58.1 Å². The lowest BCUT2D eigenvalue weighted by Crippen LogP contribution is -2.01. The van der Waals surface area contributed by atoms with Gasteiger partial charge in [-0.15, -0.1) is 0 Å². The second-order valence-corrected chi connectivity index (χ2v) is 5.44. The Morgan fingerprint density at radius 1 is 0.952 bits per heavy atom. The second kappa shape index (κ2) is 8.05. The van der Waals surface area contributed by atoms with Crippen molar-refractivity contribution in [1.82, 2.24) is 0 Å². The molecule has 0 N–H and O–H groups in total. The number of ether oxygens (including phenoxy) is 3. The molecule has 4 heteroatoms. The maximum absolute atomic E-state index is 5.72. The molecule has 0 heterocycles. The van der Waals surface area contributed by atoms with E-state index in [1.54, 1.807) is 14.2 Å². The van der Waals surface area contributed by atoms with Gasteiger partial charge in [-0.05, 0) is 29.7 Å². The largest absolute Gasteiger partial charge is 0.493 e. The molecule has 0 saturated carbocycles. The highest BCUT2D eigenvalue weighted by atomic mass is 79.9. The van der Waals surface area contributed by atoms with E-state index in [0.29, 0.717) is 13.2 Å². The van der Waals surface area contributed by atoms with E-state index in [9.17, 15) is 0 Å². The second-order valence-electron chi connectivity index (χ2n) is 4.59. The third-order valence-electron chi connectivity index (χ3n) is 3.18. The molecule has 112 valence electrons. The van der Waals surface area contributed by atoms with E-state index in [-0.39, 0.29) is 0 Å². The topological polar surface area (TPSA) is 27.7 Å². The van der Waals surface area contributed by atoms with Gasteiger partial charge in [0.2, 0.25) is 0 Å². The fraction of sp³-hybridized carbons (Fsp3) is 0.294. The van der Waals surface area contributed by atoms with Gasteiger partial charge in [0, 0.05) is 4.47 Å². The van der Waals surface area contributed by atoms with Crippen molar-refractivity contribution in [1.29, 1.82) is 0 Å². The van der Waals surface area contributed by atoms with Gasteiger partial charge in [0.05, 0.1) is 27.4 Å². The standard InChI is InChI=1S/C17H19BrO3/c1-19-16-10-14(15(18)11-17(16)20-2)8-9-21-12-13-6-4-3-5-7-13/h3-7,10-11H,8-9,12H2,1-2H3. The quantitative estimate of drug-likeness (QED) is 0.699. The van der Waals surface area contributed by atoms with Crippen molar-refractivity contribution in [3.63, 3.8) is 0 Å². The summed E-state index contributed by atoms with van der Waals surface area (Å²) in [6.45, 7) is 1.29. The van der Waals surface area contributed by atoms with Crippen LogP contribution in [0.4, 0.5) is 0 Å². The van der Waals surface area contributed by atoms with Crippen LogP contribution in [0.1, 0.15) is 11.1 Å². The molecule has 0 aliphatic rings. The van der Waals surface area contributed by atoms with Crippen LogP contribution in [-0.2, 0) is 17.8 Å². The molecule has 2 rings (SSSR count). The number of hydrogen-bond donors (Lipinski definition) is 0. The molecule has 0 unspecified atom stereocenters. The lowest BCUT2D eigenvalue weighted by Gasteiger charge is -2.12. The maximum atomic E-state index is 5.72. The molecule has 3 nitrogen and oxygen atoms in total. The summed E-state index contributed by atoms with van der Waals surface area (Å²) in [6, 6.07) is 14.1. The minimum atomic E-state index is 0.631. The van der Waals surface area contributed by atoms with Gasteiger partial charge in [0.15, 0.2) is 11.5 Å². The Balaban J connectivity index is 1.91. The molecule has 2 aromatic rings. The van der Waals surface area contributed by atoms with Gasteiger partial charge < -0.3 is 14.2 Å². The molecule has 0 amide bonds. The Morgan fingerprint density at radius 2 is 1.62 bits per heavy atom. The first-order chi connectivity index (χ1) is 10.2. The fourth-order valence-electron chi connectivity index (χ4n) is 2.03. The van der Waals surface area contributed by atoms with Gasteiger partial charge >= 0.3 is 0 Å². The molecule has 0 atom stereocenters. The first-order valence-electron chi connectivity index (χ1n) is 6.76. The molecule has 0 aliphatic heterocycles. The number of halogens is 1. The van der Waals surface area contributed by atoms with Crippen LogP contribution in [0.5, 0.6) is 11.5 Å². The molecule has 0 radical (unpaired) electrons. The van der Waals surface area contributed by atoms with E-state index >= 15 is 0 Å². The van der Waals surface area contributed by atoms with Crippen molar-refractivity contribution in [2.24, 2.45) is 0 Å². The summed E-state index contributed by atoms with van der Waals surface area (Å²) in [5.74, 6) is 1.46. The number of rotatable bonds is 7. The summed E-state index contributed by atoms with van der Waals surface area (Å²) in [7, 11) is 3.27. The van der Waals surface area contributed by atoms with Crippen molar-refractivity contribution in [2.45, 2.75) is 13.0 Å². The zero-order valence-corrected chi connectivity index (χ0v) is 13.9. The molecule has 0 bridgehead atoms. The van der Waals surface area contributed by atoms with Crippen LogP contribution in [0.3, 0.4) is 0 Å². The molecular weight excluding hydrogens is 332 g/mol. The van der Waals surface area contributed by atoms with Gasteiger partial charge in [-0.25, -0.2) is 0 Å². The summed E-state index contributed by atoms with van der Waals surface area (Å²) in [5.41, 5.74) is 2.32. The molecule has 2 aromatic carbocycles. The van der Waals surface area contributed by atoms with Gasteiger partial charge in [-0.1, -0.05) is 46.3 Å². The highest BCUT2D eigenvalue weighted by molar-refractivity contribution is 9.10. The first kappa shape index (κ1) is 15.9. The summed E-state index contributed by atoms with van der Waals surface area (Å²) in [4.78, 5) is 0. The Hall–Kier alpha value is -1.52. The SMILES string of the molecule is COc1cc(Br)c(CCOCc2ccccc2)cc1OC. The van der Waals surface area contributed by atoms with Gasteiger partial charge in [-0.3, -0.25) is 0 Å². The number of hydrogen-bond acceptors (Lipinski definition) is 3. The van der Waals surface area contributed by atoms with Crippen molar-refractivity contribution in [3.8, 4) is 11.5 Å². The van der Waals surface area contributed by atoms with Gasteiger partial charge in [0.25, 0.3) is 0 Å². The predicted molar refractivity (Wildman–Crippen MR) is 87.0 cm³/mol. The predicted octanol–water partition coefficient (Wildman–Crippen LogP) is 4.23. The Kier molecular flexibility index (Phi) is 6.08. The minimum Gasteiger partial charge on any atom is -0.493 e. The van der Waals surface area contributed by atoms with Crippen LogP contribution in [0.15, 0.2) is 46.9 Å². The van der Waals surface area contributed by atoms with E-state index in [4.69, 9.17) is 14.2 Å². The van der Waals surface area contributed by atoms with Crippen molar-refractivity contribution >= 4 is 15.9 Å². The Bertz CT molecular complexity index is 570. The minimum absolute atomic E-state index is 0.631. The zero-order chi connectivity index (χ0) is 15.1. The van der Waals surface area contributed by atoms with Crippen LogP contribution in [0.25, 0.3) is 0 Å². The van der Waals surface area contributed by atoms with Crippen LogP contribution in [0.2, 0.25) is 0 Å². The maximum Gasteiger partial charge on any atom is 0.161 e. The average molecular weight is 351 g/mol. The lowest BCUT2D eigenvalue weighted by atomic mass is 10.1. The van der Waals surface area contributed by atoms with Crippen LogP contribution in [-0.4, -0.2) is 20.8 Å². The van der Waals surface area contributed by atoms with Crippen molar-refractivity contribution < 1.29 is 14.2 Å². The van der Waals surface area contributed by atoms with E-state index in [2.05, 4.69) is 28.1 Å². The molecule has 0 fully saturated rings. The Morgan fingerprint density at radius 3 is 2.29 bits per heavy atom. The third kappa shape index (κ3) is 4.48. The molecular formula is C17H19BrO3. The van der Waals surface area contributed by atoms with E-state index < -0.39 is 0 Å². The number of benzene rings is 2. The first-order valence-corrected chi connectivity index (χ1v) is 7.56. The third-order valence-corrected chi connectivity index (χ3v) is 3.92. The van der Waals surface area contributed by atoms with E-state index in [0.717, 1.165) is 28.0 Å². The molecule has 0 aromatic heterocycles. The highest BCUT2D eigenvalue weighted by Gasteiger charge is 2.09. The van der Waals surface area contributed by atoms with Crippen LogP contribution in [0, 0.1) is 0 Å². The summed E-state index contributed by atoms with van der Waals surface area (Å²) < 4.78 is 17.3. The fourth-order valence-corrected chi connectivity index (χ4v) is 2.55. The smallest absolute Gasteiger partial charge is 0.161 e. The number of methoxy groups -OCH3 is 2. The van der Waals surface area contributed by atoms with Crippen LogP contribution < -0.4 is 9.47 Å². The van der Waals surface area contributed by atoms with Gasteiger partial charge in [0.1, 0.15) is 0 Å². The normalized spacial score (nSPS) is 10.4.